The topological polar surface area (TPSA) is 82.5 Å². The molecule has 0 bridgehead atoms. The van der Waals surface area contributed by atoms with Gasteiger partial charge < -0.3 is 14.8 Å². The molecule has 1 aromatic heterocycles. The van der Waals surface area contributed by atoms with Gasteiger partial charge in [0.15, 0.2) is 5.16 Å². The van der Waals surface area contributed by atoms with Crippen LogP contribution in [0.4, 0.5) is 5.69 Å². The SMILES string of the molecule is COc1ccc(OC)c(NC(=O)C[C@H]2CSc3nccc(=O)n32)c1. The Labute approximate surface area is 143 Å². The Morgan fingerprint density at radius 3 is 2.96 bits per heavy atom. The van der Waals surface area contributed by atoms with Gasteiger partial charge in [0.2, 0.25) is 5.91 Å². The number of methoxy groups -OCH3 is 2. The van der Waals surface area contributed by atoms with E-state index in [1.165, 1.54) is 31.1 Å². The van der Waals surface area contributed by atoms with Crippen molar-refractivity contribution in [3.63, 3.8) is 0 Å². The van der Waals surface area contributed by atoms with E-state index >= 15 is 0 Å². The Hall–Kier alpha value is -2.48. The number of ether oxygens (including phenoxy) is 2. The fourth-order valence-corrected chi connectivity index (χ4v) is 3.69. The van der Waals surface area contributed by atoms with E-state index in [4.69, 9.17) is 9.47 Å². The van der Waals surface area contributed by atoms with E-state index in [2.05, 4.69) is 10.3 Å². The van der Waals surface area contributed by atoms with Gasteiger partial charge in [-0.3, -0.25) is 14.2 Å². The number of thioether (sulfide) groups is 1. The maximum absolute atomic E-state index is 12.4. The minimum absolute atomic E-state index is 0.137. The summed E-state index contributed by atoms with van der Waals surface area (Å²) in [5.74, 6) is 1.61. The van der Waals surface area contributed by atoms with E-state index < -0.39 is 0 Å². The van der Waals surface area contributed by atoms with E-state index in [0.717, 1.165) is 0 Å². The van der Waals surface area contributed by atoms with E-state index in [-0.39, 0.29) is 23.9 Å². The van der Waals surface area contributed by atoms with Crippen molar-refractivity contribution in [1.29, 1.82) is 0 Å². The number of nitrogens with zero attached hydrogens (tertiary/aromatic N) is 2. The minimum Gasteiger partial charge on any atom is -0.497 e. The lowest BCUT2D eigenvalue weighted by atomic mass is 10.2. The zero-order chi connectivity index (χ0) is 17.1. The zero-order valence-corrected chi connectivity index (χ0v) is 14.1. The Kier molecular flexibility index (Phi) is 4.75. The van der Waals surface area contributed by atoms with Crippen molar-refractivity contribution in [1.82, 2.24) is 9.55 Å². The van der Waals surface area contributed by atoms with Gasteiger partial charge in [-0.1, -0.05) is 11.8 Å². The quantitative estimate of drug-likeness (QED) is 0.833. The number of hydrogen-bond donors (Lipinski definition) is 1. The number of anilines is 1. The molecule has 1 aliphatic heterocycles. The molecule has 0 saturated carbocycles. The highest BCUT2D eigenvalue weighted by molar-refractivity contribution is 7.99. The molecule has 1 N–H and O–H groups in total. The Morgan fingerprint density at radius 1 is 1.38 bits per heavy atom. The molecule has 0 aliphatic carbocycles. The average Bonchev–Trinajstić information content (AvgIpc) is 2.99. The van der Waals surface area contributed by atoms with Crippen LogP contribution in [-0.2, 0) is 4.79 Å². The van der Waals surface area contributed by atoms with Crippen molar-refractivity contribution in [3.8, 4) is 11.5 Å². The zero-order valence-electron chi connectivity index (χ0n) is 13.3. The third-order valence-electron chi connectivity index (χ3n) is 3.72. The lowest BCUT2D eigenvalue weighted by Crippen LogP contribution is -2.26. The molecule has 0 saturated heterocycles. The molecule has 0 radical (unpaired) electrons. The van der Waals surface area contributed by atoms with Crippen LogP contribution < -0.4 is 20.3 Å². The fourth-order valence-electron chi connectivity index (χ4n) is 2.57. The maximum atomic E-state index is 12.4. The molecule has 1 amide bonds. The smallest absolute Gasteiger partial charge is 0.254 e. The van der Waals surface area contributed by atoms with Gasteiger partial charge in [0, 0.05) is 30.5 Å². The summed E-state index contributed by atoms with van der Waals surface area (Å²) in [6, 6.07) is 6.38. The second kappa shape index (κ2) is 6.96. The summed E-state index contributed by atoms with van der Waals surface area (Å²) in [6.07, 6.45) is 1.68. The number of amides is 1. The summed E-state index contributed by atoms with van der Waals surface area (Å²) >= 11 is 1.48. The maximum Gasteiger partial charge on any atom is 0.254 e. The van der Waals surface area contributed by atoms with Gasteiger partial charge in [0.05, 0.1) is 25.9 Å². The fraction of sp³-hybridized carbons (Fsp3) is 0.312. The standard InChI is InChI=1S/C16H17N3O4S/c1-22-11-3-4-13(23-2)12(8-11)18-14(20)7-10-9-24-16-17-6-5-15(21)19(10)16/h3-6,8,10H,7,9H2,1-2H3,(H,18,20)/t10-/m0/s1. The van der Waals surface area contributed by atoms with Crippen molar-refractivity contribution in [2.45, 2.75) is 17.6 Å². The van der Waals surface area contributed by atoms with Crippen LogP contribution in [0.3, 0.4) is 0 Å². The number of fused-ring (bicyclic) bond motifs is 1. The average molecular weight is 347 g/mol. The van der Waals surface area contributed by atoms with Gasteiger partial charge in [-0.25, -0.2) is 4.98 Å². The third kappa shape index (κ3) is 3.23. The first-order valence-electron chi connectivity index (χ1n) is 7.34. The van der Waals surface area contributed by atoms with Gasteiger partial charge in [0.25, 0.3) is 5.56 Å². The van der Waals surface area contributed by atoms with Crippen LogP contribution in [0, 0.1) is 0 Å². The van der Waals surface area contributed by atoms with Gasteiger partial charge >= 0.3 is 0 Å². The highest BCUT2D eigenvalue weighted by Gasteiger charge is 2.27. The number of aromatic nitrogens is 2. The molecule has 0 spiro atoms. The van der Waals surface area contributed by atoms with E-state index in [0.29, 0.717) is 28.1 Å². The number of carbonyl (C=O) groups excluding carboxylic acids is 1. The molecule has 7 nitrogen and oxygen atoms in total. The van der Waals surface area contributed by atoms with Crippen LogP contribution >= 0.6 is 11.8 Å². The molecule has 3 rings (SSSR count). The van der Waals surface area contributed by atoms with E-state index in [1.807, 2.05) is 0 Å². The molecular formula is C16H17N3O4S. The van der Waals surface area contributed by atoms with Gasteiger partial charge in [-0.2, -0.15) is 0 Å². The van der Waals surface area contributed by atoms with Crippen molar-refractivity contribution in [2.24, 2.45) is 0 Å². The Morgan fingerprint density at radius 2 is 2.21 bits per heavy atom. The van der Waals surface area contributed by atoms with Crippen LogP contribution in [0.2, 0.25) is 0 Å². The second-order valence-electron chi connectivity index (χ2n) is 5.22. The van der Waals surface area contributed by atoms with Gasteiger partial charge in [0.1, 0.15) is 11.5 Å². The van der Waals surface area contributed by atoms with Crippen LogP contribution in [0.15, 0.2) is 40.4 Å². The van der Waals surface area contributed by atoms with Crippen LogP contribution in [-0.4, -0.2) is 35.4 Å². The largest absolute Gasteiger partial charge is 0.497 e. The summed E-state index contributed by atoms with van der Waals surface area (Å²) < 4.78 is 12.0. The number of nitrogens with one attached hydrogen (secondary N) is 1. The predicted octanol–water partition coefficient (Wildman–Crippen LogP) is 1.94. The molecule has 126 valence electrons. The molecule has 1 aliphatic rings. The lowest BCUT2D eigenvalue weighted by Gasteiger charge is -2.15. The minimum atomic E-state index is -0.206. The molecule has 1 atom stereocenters. The van der Waals surface area contributed by atoms with Crippen molar-refractivity contribution < 1.29 is 14.3 Å². The molecule has 0 unspecified atom stereocenters. The summed E-state index contributed by atoms with van der Waals surface area (Å²) in [6.45, 7) is 0. The second-order valence-corrected chi connectivity index (χ2v) is 6.21. The molecule has 24 heavy (non-hydrogen) atoms. The van der Waals surface area contributed by atoms with Crippen molar-refractivity contribution in [3.05, 3.63) is 40.8 Å². The molecule has 0 fully saturated rings. The van der Waals surface area contributed by atoms with Gasteiger partial charge in [-0.05, 0) is 12.1 Å². The molecular weight excluding hydrogens is 330 g/mol. The van der Waals surface area contributed by atoms with Crippen LogP contribution in [0.25, 0.3) is 0 Å². The molecule has 2 aromatic rings. The summed E-state index contributed by atoms with van der Waals surface area (Å²) in [5, 5.41) is 3.48. The highest BCUT2D eigenvalue weighted by Crippen LogP contribution is 2.33. The third-order valence-corrected chi connectivity index (χ3v) is 4.83. The Balaban J connectivity index is 1.75. The molecule has 1 aromatic carbocycles. The van der Waals surface area contributed by atoms with Crippen molar-refractivity contribution in [2.75, 3.05) is 25.3 Å². The first kappa shape index (κ1) is 16.4. The van der Waals surface area contributed by atoms with E-state index in [1.54, 1.807) is 29.9 Å². The Bertz CT molecular complexity index is 821. The van der Waals surface area contributed by atoms with E-state index in [9.17, 15) is 9.59 Å². The number of benzene rings is 1. The predicted molar refractivity (Wildman–Crippen MR) is 91.1 cm³/mol. The number of hydrogen-bond acceptors (Lipinski definition) is 6. The first-order chi connectivity index (χ1) is 11.6. The number of rotatable bonds is 5. The summed E-state index contributed by atoms with van der Waals surface area (Å²) in [5.41, 5.74) is 0.396. The van der Waals surface area contributed by atoms with Crippen LogP contribution in [0.1, 0.15) is 12.5 Å². The monoisotopic (exact) mass is 347 g/mol. The van der Waals surface area contributed by atoms with Crippen LogP contribution in [0.5, 0.6) is 11.5 Å². The highest BCUT2D eigenvalue weighted by atomic mass is 32.2. The lowest BCUT2D eigenvalue weighted by molar-refractivity contribution is -0.116. The molecule has 8 heteroatoms. The first-order valence-corrected chi connectivity index (χ1v) is 8.33. The molecule has 2 heterocycles. The van der Waals surface area contributed by atoms with Crippen molar-refractivity contribution >= 4 is 23.4 Å². The summed E-state index contributed by atoms with van der Waals surface area (Å²) in [7, 11) is 3.09. The number of carbonyl (C=O) groups is 1. The van der Waals surface area contributed by atoms with Gasteiger partial charge in [-0.15, -0.1) is 0 Å². The normalized spacial score (nSPS) is 15.7. The summed E-state index contributed by atoms with van der Waals surface area (Å²) in [4.78, 5) is 28.6.